The molecule has 5 nitrogen and oxygen atoms in total. The van der Waals surface area contributed by atoms with E-state index in [1.807, 2.05) is 19.9 Å². The number of ether oxygens (including phenoxy) is 2. The van der Waals surface area contributed by atoms with E-state index in [9.17, 15) is 0 Å². The summed E-state index contributed by atoms with van der Waals surface area (Å²) in [5, 5.41) is 8.88. The lowest BCUT2D eigenvalue weighted by Crippen LogP contribution is -2.25. The monoisotopic (exact) mass is 235 g/mol. The molecule has 1 aromatic heterocycles. The van der Waals surface area contributed by atoms with Crippen molar-refractivity contribution in [2.75, 3.05) is 13.7 Å². The molecule has 0 spiro atoms. The third-order valence-electron chi connectivity index (χ3n) is 2.49. The Labute approximate surface area is 101 Å². The predicted octanol–water partition coefficient (Wildman–Crippen LogP) is 1.85. The fourth-order valence-corrected chi connectivity index (χ4v) is 1.13. The lowest BCUT2D eigenvalue weighted by molar-refractivity contribution is 0.00504. The Hall–Kier alpha value is -1.67. The Bertz CT molecular complexity index is 424. The Morgan fingerprint density at radius 1 is 1.47 bits per heavy atom. The molecule has 0 aromatic carbocycles. The van der Waals surface area contributed by atoms with Gasteiger partial charge in [0.2, 0.25) is 5.88 Å². The third kappa shape index (κ3) is 4.00. The summed E-state index contributed by atoms with van der Waals surface area (Å²) >= 11 is 0. The molecular weight excluding hydrogens is 218 g/mol. The molecule has 0 aliphatic heterocycles. The van der Waals surface area contributed by atoms with Crippen LogP contribution < -0.4 is 4.74 Å². The van der Waals surface area contributed by atoms with Crippen LogP contribution in [0.4, 0.5) is 0 Å². The number of nitriles is 1. The molecule has 0 radical (unpaired) electrons. The first kappa shape index (κ1) is 13.4. The minimum Gasteiger partial charge on any atom is -0.477 e. The highest BCUT2D eigenvalue weighted by Crippen LogP contribution is 2.16. The van der Waals surface area contributed by atoms with Crippen molar-refractivity contribution in [2.45, 2.75) is 32.8 Å². The number of methoxy groups -OCH3 is 1. The number of rotatable bonds is 5. The topological polar surface area (TPSA) is 68.0 Å². The average molecular weight is 235 g/mol. The van der Waals surface area contributed by atoms with Crippen molar-refractivity contribution in [2.24, 2.45) is 0 Å². The second kappa shape index (κ2) is 5.60. The molecule has 0 unspecified atom stereocenters. The second-order valence-corrected chi connectivity index (χ2v) is 4.31. The van der Waals surface area contributed by atoms with Gasteiger partial charge >= 0.3 is 0 Å². The van der Waals surface area contributed by atoms with Gasteiger partial charge in [-0.15, -0.1) is 0 Å². The first-order valence-corrected chi connectivity index (χ1v) is 5.40. The van der Waals surface area contributed by atoms with E-state index in [-0.39, 0.29) is 5.60 Å². The second-order valence-electron chi connectivity index (χ2n) is 4.31. The number of hydrogen-bond donors (Lipinski definition) is 0. The Kier molecular flexibility index (Phi) is 4.41. The SMILES string of the molecule is COC(C)(C)CCOc1nc(C)ncc1C#N. The summed E-state index contributed by atoms with van der Waals surface area (Å²) in [6.07, 6.45) is 2.19. The smallest absolute Gasteiger partial charge is 0.235 e. The van der Waals surface area contributed by atoms with Gasteiger partial charge < -0.3 is 9.47 Å². The molecule has 0 N–H and O–H groups in total. The van der Waals surface area contributed by atoms with E-state index in [1.54, 1.807) is 14.0 Å². The molecule has 92 valence electrons. The van der Waals surface area contributed by atoms with E-state index in [0.717, 1.165) is 6.42 Å². The number of nitrogens with zero attached hydrogens (tertiary/aromatic N) is 3. The Morgan fingerprint density at radius 2 is 2.18 bits per heavy atom. The standard InChI is InChI=1S/C12H17N3O2/c1-9-14-8-10(7-13)11(15-9)17-6-5-12(2,3)16-4/h8H,5-6H2,1-4H3. The lowest BCUT2D eigenvalue weighted by Gasteiger charge is -2.22. The highest BCUT2D eigenvalue weighted by atomic mass is 16.5. The van der Waals surface area contributed by atoms with Crippen LogP contribution in [-0.4, -0.2) is 29.3 Å². The summed E-state index contributed by atoms with van der Waals surface area (Å²) in [4.78, 5) is 8.04. The quantitative estimate of drug-likeness (QED) is 0.779. The molecule has 0 saturated heterocycles. The number of aromatic nitrogens is 2. The molecular formula is C12H17N3O2. The third-order valence-corrected chi connectivity index (χ3v) is 2.49. The van der Waals surface area contributed by atoms with Crippen LogP contribution >= 0.6 is 0 Å². The Balaban J connectivity index is 2.64. The zero-order chi connectivity index (χ0) is 12.9. The van der Waals surface area contributed by atoms with Crippen LogP contribution in [0.5, 0.6) is 5.88 Å². The van der Waals surface area contributed by atoms with E-state index < -0.39 is 0 Å². The largest absolute Gasteiger partial charge is 0.477 e. The first-order chi connectivity index (χ1) is 7.98. The Morgan fingerprint density at radius 3 is 2.76 bits per heavy atom. The maximum absolute atomic E-state index is 8.88. The zero-order valence-corrected chi connectivity index (χ0v) is 10.6. The van der Waals surface area contributed by atoms with E-state index >= 15 is 0 Å². The average Bonchev–Trinajstić information content (AvgIpc) is 2.29. The molecule has 1 heterocycles. The molecule has 0 fully saturated rings. The molecule has 1 aromatic rings. The van der Waals surface area contributed by atoms with Crippen LogP contribution in [0.1, 0.15) is 31.7 Å². The molecule has 5 heteroatoms. The predicted molar refractivity (Wildman–Crippen MR) is 62.7 cm³/mol. The van der Waals surface area contributed by atoms with Gasteiger partial charge in [-0.1, -0.05) is 0 Å². The zero-order valence-electron chi connectivity index (χ0n) is 10.6. The van der Waals surface area contributed by atoms with E-state index in [4.69, 9.17) is 14.7 Å². The number of aryl methyl sites for hydroxylation is 1. The normalized spacial score (nSPS) is 11.0. The van der Waals surface area contributed by atoms with Crippen molar-refractivity contribution >= 4 is 0 Å². The van der Waals surface area contributed by atoms with Gasteiger partial charge in [-0.25, -0.2) is 4.98 Å². The summed E-state index contributed by atoms with van der Waals surface area (Å²) in [7, 11) is 1.66. The van der Waals surface area contributed by atoms with Gasteiger partial charge in [0, 0.05) is 13.5 Å². The minimum atomic E-state index is -0.241. The van der Waals surface area contributed by atoms with Crippen LogP contribution in [0.2, 0.25) is 0 Å². The van der Waals surface area contributed by atoms with Gasteiger partial charge in [0.25, 0.3) is 0 Å². The fourth-order valence-electron chi connectivity index (χ4n) is 1.13. The molecule has 1 rings (SSSR count). The van der Waals surface area contributed by atoms with Gasteiger partial charge in [0.15, 0.2) is 0 Å². The molecule has 0 aliphatic rings. The van der Waals surface area contributed by atoms with Crippen molar-refractivity contribution in [3.63, 3.8) is 0 Å². The molecule has 0 aliphatic carbocycles. The fraction of sp³-hybridized carbons (Fsp3) is 0.583. The van der Waals surface area contributed by atoms with Crippen molar-refractivity contribution in [1.82, 2.24) is 9.97 Å². The van der Waals surface area contributed by atoms with E-state index in [0.29, 0.717) is 23.9 Å². The van der Waals surface area contributed by atoms with Crippen molar-refractivity contribution < 1.29 is 9.47 Å². The van der Waals surface area contributed by atoms with Crippen molar-refractivity contribution in [1.29, 1.82) is 5.26 Å². The summed E-state index contributed by atoms with van der Waals surface area (Å²) in [6, 6.07) is 2.00. The van der Waals surface area contributed by atoms with E-state index in [2.05, 4.69) is 9.97 Å². The van der Waals surface area contributed by atoms with Gasteiger partial charge in [-0.3, -0.25) is 0 Å². The maximum atomic E-state index is 8.88. The molecule has 0 amide bonds. The maximum Gasteiger partial charge on any atom is 0.235 e. The van der Waals surface area contributed by atoms with Crippen molar-refractivity contribution in [3.05, 3.63) is 17.6 Å². The van der Waals surface area contributed by atoms with E-state index in [1.165, 1.54) is 6.20 Å². The van der Waals surface area contributed by atoms with Crippen LogP contribution in [-0.2, 0) is 4.74 Å². The summed E-state index contributed by atoms with van der Waals surface area (Å²) in [5.74, 6) is 0.928. The van der Waals surface area contributed by atoms with Crippen LogP contribution in [0.3, 0.4) is 0 Å². The van der Waals surface area contributed by atoms with Gasteiger partial charge in [0.1, 0.15) is 17.5 Å². The lowest BCUT2D eigenvalue weighted by atomic mass is 10.1. The number of hydrogen-bond acceptors (Lipinski definition) is 5. The van der Waals surface area contributed by atoms with Crippen molar-refractivity contribution in [3.8, 4) is 11.9 Å². The summed E-state index contributed by atoms with van der Waals surface area (Å²) < 4.78 is 10.8. The summed E-state index contributed by atoms with van der Waals surface area (Å²) in [6.45, 7) is 6.17. The molecule has 0 saturated carbocycles. The minimum absolute atomic E-state index is 0.241. The van der Waals surface area contributed by atoms with Gasteiger partial charge in [-0.05, 0) is 20.8 Å². The molecule has 0 bridgehead atoms. The first-order valence-electron chi connectivity index (χ1n) is 5.40. The highest BCUT2D eigenvalue weighted by molar-refractivity contribution is 5.35. The van der Waals surface area contributed by atoms with Crippen LogP contribution in [0, 0.1) is 18.3 Å². The van der Waals surface area contributed by atoms with Crippen LogP contribution in [0.15, 0.2) is 6.20 Å². The summed E-state index contributed by atoms with van der Waals surface area (Å²) in [5.41, 5.74) is 0.111. The van der Waals surface area contributed by atoms with Gasteiger partial charge in [-0.2, -0.15) is 10.2 Å². The molecule has 0 atom stereocenters. The highest BCUT2D eigenvalue weighted by Gasteiger charge is 2.17. The van der Waals surface area contributed by atoms with Gasteiger partial charge in [0.05, 0.1) is 18.4 Å². The molecule has 17 heavy (non-hydrogen) atoms. The van der Waals surface area contributed by atoms with Crippen LogP contribution in [0.25, 0.3) is 0 Å².